The third-order valence-electron chi connectivity index (χ3n) is 9.29. The average molecular weight is 799 g/mol. The summed E-state index contributed by atoms with van der Waals surface area (Å²) in [4.78, 5) is 40.7. The summed E-state index contributed by atoms with van der Waals surface area (Å²) in [5.41, 5.74) is 26.8. The predicted molar refractivity (Wildman–Crippen MR) is 229 cm³/mol. The van der Waals surface area contributed by atoms with Crippen molar-refractivity contribution in [1.82, 2.24) is 19.9 Å². The highest BCUT2D eigenvalue weighted by atomic mass is 19.1. The standard InChI is InChI=1S/C23H21FN6O.C20H23FN6O/c24-18-12-17(21(26)31)22(29-16-8-9-20-15(11-16)7-4-10-27-20)30-23(18)28-13-19(25)14-5-2-1-3-6-14;1-11(2)16(22)10-25-20-15(21)9-14(18(23)28)19(27-20)26-13-5-6-17-12(8-13)4-3-7-24-17/h1-12,19H,13,25H2,(H2,26,31)(H2,28,29,30);3-9,11,16H,10,22H2,1-2H3,(H2,23,28)(H2,25,26,27)/t19-;16-/m11/s1. The van der Waals surface area contributed by atoms with Gasteiger partial charge in [0.1, 0.15) is 11.6 Å². The zero-order valence-corrected chi connectivity index (χ0v) is 32.3. The first-order chi connectivity index (χ1) is 28.4. The van der Waals surface area contributed by atoms with Crippen LogP contribution in [0.1, 0.15) is 46.2 Å². The summed E-state index contributed by atoms with van der Waals surface area (Å²) in [5, 5.41) is 13.7. The predicted octanol–water partition coefficient (Wildman–Crippen LogP) is 6.73. The van der Waals surface area contributed by atoms with Crippen molar-refractivity contribution < 1.29 is 18.4 Å². The minimum absolute atomic E-state index is 0.00561. The molecule has 0 fully saturated rings. The molecule has 0 spiro atoms. The van der Waals surface area contributed by atoms with E-state index in [1.54, 1.807) is 24.5 Å². The lowest BCUT2D eigenvalue weighted by Crippen LogP contribution is -2.34. The number of hydrogen-bond donors (Lipinski definition) is 8. The van der Waals surface area contributed by atoms with Gasteiger partial charge in [0.15, 0.2) is 23.3 Å². The molecule has 0 unspecified atom stereocenters. The maximum absolute atomic E-state index is 14.6. The van der Waals surface area contributed by atoms with Crippen LogP contribution in [-0.2, 0) is 0 Å². The number of halogens is 2. The van der Waals surface area contributed by atoms with Crippen LogP contribution in [0.5, 0.6) is 0 Å². The molecule has 2 atom stereocenters. The average Bonchev–Trinajstić information content (AvgIpc) is 3.23. The number of aromatic nitrogens is 4. The lowest BCUT2D eigenvalue weighted by atomic mass is 10.1. The van der Waals surface area contributed by atoms with Gasteiger partial charge in [0.05, 0.1) is 22.2 Å². The lowest BCUT2D eigenvalue weighted by molar-refractivity contribution is 0.0992. The zero-order valence-electron chi connectivity index (χ0n) is 32.3. The van der Waals surface area contributed by atoms with Gasteiger partial charge in [-0.1, -0.05) is 56.3 Å². The number of hydrogen-bond acceptors (Lipinski definition) is 12. The van der Waals surface area contributed by atoms with Gasteiger partial charge >= 0.3 is 0 Å². The molecule has 7 rings (SSSR count). The summed E-state index contributed by atoms with van der Waals surface area (Å²) in [6, 6.07) is 29.6. The Labute approximate surface area is 338 Å². The van der Waals surface area contributed by atoms with E-state index in [2.05, 4.69) is 41.2 Å². The number of anilines is 6. The molecule has 0 saturated carbocycles. The number of nitrogens with one attached hydrogen (secondary N) is 4. The maximum atomic E-state index is 14.6. The molecule has 12 N–H and O–H groups in total. The third-order valence-corrected chi connectivity index (χ3v) is 9.29. The number of nitrogens with zero attached hydrogens (tertiary/aromatic N) is 4. The van der Waals surface area contributed by atoms with Gasteiger partial charge in [-0.25, -0.2) is 18.7 Å². The SMILES string of the molecule is CC(C)[C@H](N)CNc1nc(Nc2ccc3ncccc3c2)c(C(N)=O)cc1F.NC(=O)c1cc(F)c(NC[C@@H](N)c2ccccc2)nc1Nc1ccc2ncccc2c1. The highest BCUT2D eigenvalue weighted by Crippen LogP contribution is 2.28. The summed E-state index contributed by atoms with van der Waals surface area (Å²) in [5.74, 6) is -2.41. The first-order valence-corrected chi connectivity index (χ1v) is 18.6. The smallest absolute Gasteiger partial charge is 0.252 e. The Morgan fingerprint density at radius 3 is 1.54 bits per heavy atom. The van der Waals surface area contributed by atoms with Gasteiger partial charge in [-0.3, -0.25) is 19.6 Å². The van der Waals surface area contributed by atoms with Crippen LogP contribution in [0.3, 0.4) is 0 Å². The van der Waals surface area contributed by atoms with Crippen molar-refractivity contribution in [2.75, 3.05) is 34.4 Å². The van der Waals surface area contributed by atoms with Crippen molar-refractivity contribution >= 4 is 68.3 Å². The van der Waals surface area contributed by atoms with E-state index < -0.39 is 23.4 Å². The van der Waals surface area contributed by atoms with Gasteiger partial charge in [0, 0.05) is 59.7 Å². The van der Waals surface area contributed by atoms with Crippen LogP contribution in [-0.4, -0.2) is 50.9 Å². The van der Waals surface area contributed by atoms with E-state index in [0.29, 0.717) is 17.9 Å². The van der Waals surface area contributed by atoms with Crippen molar-refractivity contribution in [3.8, 4) is 0 Å². The van der Waals surface area contributed by atoms with Gasteiger partial charge < -0.3 is 44.2 Å². The minimum atomic E-state index is -0.788. The molecule has 7 aromatic rings. The highest BCUT2D eigenvalue weighted by molar-refractivity contribution is 6.00. The zero-order chi connectivity index (χ0) is 42.1. The number of rotatable bonds is 14. The van der Waals surface area contributed by atoms with E-state index >= 15 is 0 Å². The minimum Gasteiger partial charge on any atom is -0.366 e. The third kappa shape index (κ3) is 10.6. The fourth-order valence-electron chi connectivity index (χ4n) is 5.85. The molecular weight excluding hydrogens is 755 g/mol. The molecule has 0 aliphatic rings. The van der Waals surface area contributed by atoms with Crippen LogP contribution in [0.25, 0.3) is 21.8 Å². The maximum Gasteiger partial charge on any atom is 0.252 e. The molecule has 0 aliphatic heterocycles. The van der Waals surface area contributed by atoms with E-state index in [9.17, 15) is 18.4 Å². The number of nitrogens with two attached hydrogens (primary N) is 4. The van der Waals surface area contributed by atoms with Gasteiger partial charge in [0.25, 0.3) is 11.8 Å². The highest BCUT2D eigenvalue weighted by Gasteiger charge is 2.19. The number of pyridine rings is 4. The molecule has 3 aromatic carbocycles. The van der Waals surface area contributed by atoms with Crippen molar-refractivity contribution in [3.63, 3.8) is 0 Å². The fraction of sp³-hybridized carbons (Fsp3) is 0.163. The molecule has 0 radical (unpaired) electrons. The van der Waals surface area contributed by atoms with Crippen molar-refractivity contribution in [2.24, 2.45) is 28.9 Å². The fourth-order valence-corrected chi connectivity index (χ4v) is 5.85. The summed E-state index contributed by atoms with van der Waals surface area (Å²) < 4.78 is 29.0. The Balaban J connectivity index is 0.000000199. The first kappa shape index (κ1) is 41.3. The summed E-state index contributed by atoms with van der Waals surface area (Å²) in [6.45, 7) is 4.56. The molecule has 0 saturated heterocycles. The van der Waals surface area contributed by atoms with E-state index in [0.717, 1.165) is 39.5 Å². The molecule has 4 aromatic heterocycles. The molecule has 59 heavy (non-hydrogen) atoms. The van der Waals surface area contributed by atoms with E-state index in [1.165, 1.54) is 0 Å². The van der Waals surface area contributed by atoms with E-state index in [1.807, 2.05) is 92.7 Å². The Kier molecular flexibility index (Phi) is 13.1. The van der Waals surface area contributed by atoms with Gasteiger partial charge in [0.2, 0.25) is 0 Å². The number of benzene rings is 3. The topological polar surface area (TPSA) is 238 Å². The molecular formula is C43H44F2N12O2. The van der Waals surface area contributed by atoms with Crippen molar-refractivity contribution in [3.05, 3.63) is 144 Å². The van der Waals surface area contributed by atoms with Gasteiger partial charge in [-0.05, 0) is 72.1 Å². The second-order valence-electron chi connectivity index (χ2n) is 13.9. The molecule has 2 amide bonds. The summed E-state index contributed by atoms with van der Waals surface area (Å²) >= 11 is 0. The van der Waals surface area contributed by atoms with E-state index in [4.69, 9.17) is 22.9 Å². The largest absolute Gasteiger partial charge is 0.366 e. The number of carbonyl (C=O) groups excluding carboxylic acids is 2. The van der Waals surface area contributed by atoms with Crippen molar-refractivity contribution in [2.45, 2.75) is 25.9 Å². The molecule has 14 nitrogen and oxygen atoms in total. The van der Waals surface area contributed by atoms with Crippen LogP contribution in [0.15, 0.2) is 116 Å². The van der Waals surface area contributed by atoms with Crippen LogP contribution < -0.4 is 44.2 Å². The monoisotopic (exact) mass is 798 g/mol. The van der Waals surface area contributed by atoms with Crippen LogP contribution >= 0.6 is 0 Å². The molecule has 302 valence electrons. The van der Waals surface area contributed by atoms with E-state index in [-0.39, 0.29) is 58.9 Å². The Morgan fingerprint density at radius 2 is 1.08 bits per heavy atom. The molecule has 0 aliphatic carbocycles. The second-order valence-corrected chi connectivity index (χ2v) is 13.9. The lowest BCUT2D eigenvalue weighted by Gasteiger charge is -2.18. The second kappa shape index (κ2) is 18.8. The molecule has 0 bridgehead atoms. The molecule has 16 heteroatoms. The number of amides is 2. The number of carbonyl (C=O) groups is 2. The Hall–Kier alpha value is -7.30. The number of fused-ring (bicyclic) bond motifs is 2. The number of primary amides is 2. The van der Waals surface area contributed by atoms with Gasteiger partial charge in [-0.2, -0.15) is 0 Å². The first-order valence-electron chi connectivity index (χ1n) is 18.6. The Morgan fingerprint density at radius 1 is 0.610 bits per heavy atom. The van der Waals surface area contributed by atoms with Crippen LogP contribution in [0.4, 0.5) is 43.4 Å². The summed E-state index contributed by atoms with van der Waals surface area (Å²) in [6.07, 6.45) is 3.42. The quantitative estimate of drug-likeness (QED) is 0.0572. The molecule has 4 heterocycles. The Bertz CT molecular complexity index is 2590. The van der Waals surface area contributed by atoms with Crippen LogP contribution in [0.2, 0.25) is 0 Å². The van der Waals surface area contributed by atoms with Gasteiger partial charge in [-0.15, -0.1) is 0 Å². The van der Waals surface area contributed by atoms with Crippen LogP contribution in [0, 0.1) is 17.6 Å². The normalized spacial score (nSPS) is 12.0. The summed E-state index contributed by atoms with van der Waals surface area (Å²) in [7, 11) is 0. The van der Waals surface area contributed by atoms with Crippen molar-refractivity contribution in [1.29, 1.82) is 0 Å².